The van der Waals surface area contributed by atoms with Crippen LogP contribution in [0, 0.1) is 5.92 Å². The van der Waals surface area contributed by atoms with Crippen molar-refractivity contribution in [3.63, 3.8) is 0 Å². The molecule has 0 saturated carbocycles. The number of urea groups is 3. The summed E-state index contributed by atoms with van der Waals surface area (Å²) in [5, 5.41) is 36.0. The molecule has 234 valence electrons. The van der Waals surface area contributed by atoms with Crippen molar-refractivity contribution in [2.75, 3.05) is 13.3 Å². The Hall–Kier alpha value is -5.05. The van der Waals surface area contributed by atoms with Crippen LogP contribution in [-0.4, -0.2) is 71.8 Å². The second-order valence-corrected chi connectivity index (χ2v) is 10.1. The first-order chi connectivity index (χ1) is 20.4. The van der Waals surface area contributed by atoms with Crippen LogP contribution in [0.1, 0.15) is 31.4 Å². The summed E-state index contributed by atoms with van der Waals surface area (Å²) in [7, 11) is 0. The maximum absolute atomic E-state index is 12.5. The number of hydrogen-bond acceptors (Lipinski definition) is 7. The highest BCUT2D eigenvalue weighted by Crippen LogP contribution is 2.11. The van der Waals surface area contributed by atoms with Crippen molar-refractivity contribution in [1.29, 1.82) is 0 Å². The number of carboxylic acid groups (broad SMARTS) is 1. The molecule has 15 heteroatoms. The molecular formula is C28H40N8O7. The van der Waals surface area contributed by atoms with Gasteiger partial charge >= 0.3 is 24.1 Å². The molecule has 0 aliphatic carbocycles. The fourth-order valence-corrected chi connectivity index (χ4v) is 3.84. The number of hydrogen-bond donors (Lipinski definition) is 10. The molecule has 3 atom stereocenters. The van der Waals surface area contributed by atoms with E-state index >= 15 is 0 Å². The lowest BCUT2D eigenvalue weighted by atomic mass is 10.0. The Morgan fingerprint density at radius 2 is 1.28 bits per heavy atom. The molecule has 0 saturated heterocycles. The molecule has 0 spiro atoms. The predicted molar refractivity (Wildman–Crippen MR) is 157 cm³/mol. The molecule has 15 nitrogen and oxygen atoms in total. The average molecular weight is 601 g/mol. The number of rotatable bonds is 15. The Morgan fingerprint density at radius 1 is 0.721 bits per heavy atom. The summed E-state index contributed by atoms with van der Waals surface area (Å²) in [4.78, 5) is 60.7. The fourth-order valence-electron chi connectivity index (χ4n) is 3.84. The van der Waals surface area contributed by atoms with E-state index in [-0.39, 0.29) is 44.3 Å². The number of nitrogens with two attached hydrogens (primary N) is 1. The number of aromatic hydroxyl groups is 1. The zero-order chi connectivity index (χ0) is 31.8. The average Bonchev–Trinajstić information content (AvgIpc) is 2.94. The fraction of sp³-hybridized carbons (Fsp3) is 0.393. The summed E-state index contributed by atoms with van der Waals surface area (Å²) in [6.45, 7) is 3.17. The Labute approximate surface area is 249 Å². The SMILES string of the molecule is CC(C)C[C@H](NC(=O)N[C@@H](Cc1ccccc1)NC(=O)NCNC(=O)NCNC(=O)[C@@H](N)Cc1ccc(O)cc1)C(=O)O. The van der Waals surface area contributed by atoms with Crippen LogP contribution in [0.4, 0.5) is 14.4 Å². The number of carbonyl (C=O) groups is 5. The van der Waals surface area contributed by atoms with Gasteiger partial charge in [0.2, 0.25) is 5.91 Å². The lowest BCUT2D eigenvalue weighted by Gasteiger charge is -2.23. The summed E-state index contributed by atoms with van der Waals surface area (Å²) >= 11 is 0. The largest absolute Gasteiger partial charge is 0.508 e. The molecule has 0 aromatic heterocycles. The van der Waals surface area contributed by atoms with Crippen LogP contribution in [0.3, 0.4) is 0 Å². The normalized spacial score (nSPS) is 12.7. The molecule has 0 bridgehead atoms. The number of aliphatic carboxylic acids is 1. The van der Waals surface area contributed by atoms with Crippen molar-refractivity contribution in [1.82, 2.24) is 37.2 Å². The molecule has 0 aliphatic heterocycles. The third-order valence-corrected chi connectivity index (χ3v) is 5.94. The summed E-state index contributed by atoms with van der Waals surface area (Å²) in [5.74, 6) is -1.54. The molecule has 0 fully saturated rings. The van der Waals surface area contributed by atoms with E-state index in [1.807, 2.05) is 19.9 Å². The molecular weight excluding hydrogens is 560 g/mol. The highest BCUT2D eigenvalue weighted by Gasteiger charge is 2.23. The summed E-state index contributed by atoms with van der Waals surface area (Å²) in [6.07, 6.45) is -0.251. The highest BCUT2D eigenvalue weighted by atomic mass is 16.4. The Morgan fingerprint density at radius 3 is 1.88 bits per heavy atom. The van der Waals surface area contributed by atoms with E-state index in [2.05, 4.69) is 37.2 Å². The van der Waals surface area contributed by atoms with Crippen molar-refractivity contribution in [2.24, 2.45) is 11.7 Å². The number of nitrogens with one attached hydrogen (secondary N) is 7. The van der Waals surface area contributed by atoms with E-state index in [0.29, 0.717) is 0 Å². The molecule has 11 N–H and O–H groups in total. The van der Waals surface area contributed by atoms with Crippen LogP contribution < -0.4 is 43.0 Å². The molecule has 2 aromatic carbocycles. The van der Waals surface area contributed by atoms with E-state index in [1.54, 1.807) is 36.4 Å². The maximum atomic E-state index is 12.5. The van der Waals surface area contributed by atoms with Gasteiger partial charge in [-0.1, -0.05) is 56.3 Å². The molecule has 0 aliphatic rings. The number of phenolic OH excluding ortho intramolecular Hbond substituents is 1. The summed E-state index contributed by atoms with van der Waals surface area (Å²) in [5.41, 5.74) is 7.43. The molecule has 2 rings (SSSR count). The third-order valence-electron chi connectivity index (χ3n) is 5.94. The third kappa shape index (κ3) is 13.9. The predicted octanol–water partition coefficient (Wildman–Crippen LogP) is 0.259. The molecule has 0 radical (unpaired) electrons. The smallest absolute Gasteiger partial charge is 0.326 e. The standard InChI is InChI=1S/C28H40N8O7/c1-17(2)12-22(25(39)40)34-28(43)36-23(14-18-6-4-3-5-7-18)35-27(42)33-16-32-26(41)31-15-30-24(38)21(29)13-19-8-10-20(37)11-9-19/h3-11,17,21-23,37H,12-16,29H2,1-2H3,(H,30,38)(H,39,40)(H2,31,32,41)(H2,33,35,42)(H2,34,36,43)/t21-,22-,23-/m0/s1. The molecule has 0 heterocycles. The van der Waals surface area contributed by atoms with Crippen LogP contribution >= 0.6 is 0 Å². The minimum atomic E-state index is -1.17. The van der Waals surface area contributed by atoms with Gasteiger partial charge in [0.05, 0.1) is 19.4 Å². The Kier molecular flexibility index (Phi) is 14.1. The van der Waals surface area contributed by atoms with Gasteiger partial charge in [-0.05, 0) is 42.0 Å². The zero-order valence-electron chi connectivity index (χ0n) is 24.1. The van der Waals surface area contributed by atoms with Crippen LogP contribution in [0.15, 0.2) is 54.6 Å². The Balaban J connectivity index is 1.77. The van der Waals surface area contributed by atoms with Gasteiger partial charge in [0.1, 0.15) is 18.0 Å². The maximum Gasteiger partial charge on any atom is 0.326 e. The number of amides is 7. The molecule has 2 aromatic rings. The van der Waals surface area contributed by atoms with Crippen molar-refractivity contribution in [3.8, 4) is 5.75 Å². The second kappa shape index (κ2) is 17.7. The van der Waals surface area contributed by atoms with Crippen molar-refractivity contribution in [2.45, 2.75) is 51.4 Å². The van der Waals surface area contributed by atoms with Gasteiger partial charge < -0.3 is 53.2 Å². The monoisotopic (exact) mass is 600 g/mol. The second-order valence-electron chi connectivity index (χ2n) is 10.1. The van der Waals surface area contributed by atoms with E-state index in [9.17, 15) is 34.2 Å². The topological polar surface area (TPSA) is 236 Å². The van der Waals surface area contributed by atoms with Crippen LogP contribution in [0.5, 0.6) is 5.75 Å². The number of carboxylic acids is 1. The first-order valence-corrected chi connectivity index (χ1v) is 13.6. The van der Waals surface area contributed by atoms with Gasteiger partial charge in [0.15, 0.2) is 0 Å². The quantitative estimate of drug-likeness (QED) is 0.127. The highest BCUT2D eigenvalue weighted by molar-refractivity contribution is 5.84. The lowest BCUT2D eigenvalue weighted by molar-refractivity contribution is -0.139. The molecule has 7 amide bonds. The number of carbonyl (C=O) groups excluding carboxylic acids is 4. The van der Waals surface area contributed by atoms with Gasteiger partial charge in [0.25, 0.3) is 0 Å². The summed E-state index contributed by atoms with van der Waals surface area (Å²) < 4.78 is 0. The lowest BCUT2D eigenvalue weighted by Crippen LogP contribution is -2.57. The van der Waals surface area contributed by atoms with Gasteiger partial charge in [0, 0.05) is 6.42 Å². The van der Waals surface area contributed by atoms with Crippen LogP contribution in [-0.2, 0) is 22.4 Å². The minimum Gasteiger partial charge on any atom is -0.508 e. The van der Waals surface area contributed by atoms with E-state index < -0.39 is 48.2 Å². The van der Waals surface area contributed by atoms with Crippen LogP contribution in [0.25, 0.3) is 0 Å². The van der Waals surface area contributed by atoms with Gasteiger partial charge in [-0.2, -0.15) is 0 Å². The van der Waals surface area contributed by atoms with Crippen molar-refractivity contribution >= 4 is 30.0 Å². The zero-order valence-corrected chi connectivity index (χ0v) is 24.1. The van der Waals surface area contributed by atoms with E-state index in [1.165, 1.54) is 12.1 Å². The van der Waals surface area contributed by atoms with Crippen molar-refractivity contribution < 1.29 is 34.2 Å². The number of benzene rings is 2. The van der Waals surface area contributed by atoms with E-state index in [0.717, 1.165) is 11.1 Å². The van der Waals surface area contributed by atoms with Gasteiger partial charge in [-0.25, -0.2) is 19.2 Å². The van der Waals surface area contributed by atoms with Crippen LogP contribution in [0.2, 0.25) is 0 Å². The Bertz CT molecular complexity index is 1210. The first-order valence-electron chi connectivity index (χ1n) is 13.6. The van der Waals surface area contributed by atoms with Gasteiger partial charge in [-0.3, -0.25) is 4.79 Å². The first kappa shape index (κ1) is 34.2. The van der Waals surface area contributed by atoms with E-state index in [4.69, 9.17) is 5.73 Å². The van der Waals surface area contributed by atoms with Gasteiger partial charge in [-0.15, -0.1) is 0 Å². The van der Waals surface area contributed by atoms with Crippen molar-refractivity contribution in [3.05, 3.63) is 65.7 Å². The molecule has 43 heavy (non-hydrogen) atoms. The molecule has 0 unspecified atom stereocenters. The number of phenols is 1. The minimum absolute atomic E-state index is 0.0283. The summed E-state index contributed by atoms with van der Waals surface area (Å²) in [6, 6.07) is 11.1.